The van der Waals surface area contributed by atoms with E-state index in [0.717, 1.165) is 32.1 Å². The number of hydrogen-bond acceptors (Lipinski definition) is 3. The van der Waals surface area contributed by atoms with Gasteiger partial charge in [0, 0.05) is 24.7 Å². The predicted octanol–water partition coefficient (Wildman–Crippen LogP) is 2.80. The molecule has 2 aliphatic heterocycles. The molecule has 5 heteroatoms. The van der Waals surface area contributed by atoms with Gasteiger partial charge >= 0.3 is 0 Å². The summed E-state index contributed by atoms with van der Waals surface area (Å²) in [6, 6.07) is 0. The van der Waals surface area contributed by atoms with E-state index in [9.17, 15) is 9.59 Å². The van der Waals surface area contributed by atoms with Crippen LogP contribution in [0.1, 0.15) is 58.8 Å². The Morgan fingerprint density at radius 2 is 1.88 bits per heavy atom. The molecule has 2 amide bonds. The fourth-order valence-corrected chi connectivity index (χ4v) is 5.18. The van der Waals surface area contributed by atoms with E-state index >= 15 is 0 Å². The first-order valence-electron chi connectivity index (χ1n) is 10.1. The summed E-state index contributed by atoms with van der Waals surface area (Å²) in [5, 5.41) is 3.07. The Morgan fingerprint density at radius 3 is 2.54 bits per heavy atom. The Kier molecular flexibility index (Phi) is 4.36. The van der Waals surface area contributed by atoms with E-state index in [1.807, 2.05) is 4.90 Å². The first kappa shape index (κ1) is 17.6. The quantitative estimate of drug-likeness (QED) is 0.827. The minimum atomic E-state index is -0.473. The average Bonchev–Trinajstić information content (AvgIpc) is 3.24. The van der Waals surface area contributed by atoms with Crippen LogP contribution < -0.4 is 5.32 Å². The van der Waals surface area contributed by atoms with Gasteiger partial charge in [-0.25, -0.2) is 0 Å². The van der Waals surface area contributed by atoms with E-state index in [4.69, 9.17) is 0 Å². The third-order valence-electron chi connectivity index (χ3n) is 6.76. The Balaban J connectivity index is 1.48. The molecule has 3 fully saturated rings. The van der Waals surface area contributed by atoms with Crippen LogP contribution in [-0.4, -0.2) is 46.9 Å². The van der Waals surface area contributed by atoms with Crippen LogP contribution in [0.25, 0.3) is 0 Å². The van der Waals surface area contributed by atoms with Crippen molar-refractivity contribution in [2.45, 2.75) is 64.3 Å². The second-order valence-corrected chi connectivity index (χ2v) is 9.11. The van der Waals surface area contributed by atoms with Crippen LogP contribution in [0.5, 0.6) is 0 Å². The van der Waals surface area contributed by atoms with Crippen LogP contribution in [-0.2, 0) is 9.59 Å². The van der Waals surface area contributed by atoms with E-state index in [-0.39, 0.29) is 17.2 Å². The lowest BCUT2D eigenvalue weighted by Gasteiger charge is -2.45. The van der Waals surface area contributed by atoms with Crippen LogP contribution in [0.3, 0.4) is 0 Å². The van der Waals surface area contributed by atoms with Crippen molar-refractivity contribution in [3.05, 3.63) is 23.9 Å². The lowest BCUT2D eigenvalue weighted by atomic mass is 9.80. The Labute approximate surface area is 156 Å². The van der Waals surface area contributed by atoms with Gasteiger partial charge in [0.2, 0.25) is 11.8 Å². The van der Waals surface area contributed by atoms with E-state index in [2.05, 4.69) is 42.3 Å². The van der Waals surface area contributed by atoms with Gasteiger partial charge in [-0.15, -0.1) is 0 Å². The summed E-state index contributed by atoms with van der Waals surface area (Å²) in [6.07, 6.45) is 13.4. The van der Waals surface area contributed by atoms with E-state index < -0.39 is 5.54 Å². The number of allylic oxidation sites excluding steroid dienone is 4. The molecule has 2 aliphatic carbocycles. The summed E-state index contributed by atoms with van der Waals surface area (Å²) >= 11 is 0. The molecule has 0 bridgehead atoms. The smallest absolute Gasteiger partial charge is 0.247 e. The van der Waals surface area contributed by atoms with Crippen molar-refractivity contribution in [2.75, 3.05) is 19.8 Å². The first-order valence-corrected chi connectivity index (χ1v) is 10.1. The third-order valence-corrected chi connectivity index (χ3v) is 6.76. The summed E-state index contributed by atoms with van der Waals surface area (Å²) in [6.45, 7) is 6.46. The largest absolute Gasteiger partial charge is 0.343 e. The molecular formula is C21H31N3O2. The minimum absolute atomic E-state index is 0.121. The zero-order valence-electron chi connectivity index (χ0n) is 16.1. The van der Waals surface area contributed by atoms with E-state index in [0.29, 0.717) is 25.7 Å². The number of nitrogens with zero attached hydrogens (tertiary/aromatic N) is 2. The number of hydrogen-bond donors (Lipinski definition) is 1. The van der Waals surface area contributed by atoms with Crippen LogP contribution >= 0.6 is 0 Å². The molecule has 0 aromatic heterocycles. The van der Waals surface area contributed by atoms with Gasteiger partial charge in [-0.2, -0.15) is 0 Å². The molecular weight excluding hydrogens is 326 g/mol. The highest BCUT2D eigenvalue weighted by Gasteiger charge is 2.52. The SMILES string of the molecule is CC1(C)C=CC=C(N2CNC(=O)C23CCN(C(=O)C2CCCC2)CC3)C1. The van der Waals surface area contributed by atoms with Gasteiger partial charge in [-0.05, 0) is 43.6 Å². The molecule has 0 unspecified atom stereocenters. The Morgan fingerprint density at radius 1 is 1.19 bits per heavy atom. The van der Waals surface area contributed by atoms with Crippen molar-refractivity contribution in [1.82, 2.24) is 15.1 Å². The fourth-order valence-electron chi connectivity index (χ4n) is 5.18. The molecule has 142 valence electrons. The lowest BCUT2D eigenvalue weighted by molar-refractivity contribution is -0.140. The summed E-state index contributed by atoms with van der Waals surface area (Å²) in [4.78, 5) is 29.8. The van der Waals surface area contributed by atoms with E-state index in [1.54, 1.807) is 0 Å². The highest BCUT2D eigenvalue weighted by atomic mass is 16.2. The van der Waals surface area contributed by atoms with Crippen LogP contribution in [0.15, 0.2) is 23.9 Å². The molecule has 0 atom stereocenters. The fraction of sp³-hybridized carbons (Fsp3) is 0.714. The maximum Gasteiger partial charge on any atom is 0.247 e. The second kappa shape index (κ2) is 6.43. The molecule has 0 aromatic carbocycles. The molecule has 5 nitrogen and oxygen atoms in total. The number of carbonyl (C=O) groups is 2. The molecule has 1 saturated carbocycles. The van der Waals surface area contributed by atoms with Crippen molar-refractivity contribution >= 4 is 11.8 Å². The van der Waals surface area contributed by atoms with Gasteiger partial charge in [0.15, 0.2) is 0 Å². The van der Waals surface area contributed by atoms with Crippen molar-refractivity contribution in [1.29, 1.82) is 0 Å². The van der Waals surface area contributed by atoms with Crippen molar-refractivity contribution < 1.29 is 9.59 Å². The summed E-state index contributed by atoms with van der Waals surface area (Å²) in [7, 11) is 0. The normalized spacial score (nSPS) is 27.8. The summed E-state index contributed by atoms with van der Waals surface area (Å²) in [5.74, 6) is 0.687. The number of carbonyl (C=O) groups excluding carboxylic acids is 2. The predicted molar refractivity (Wildman–Crippen MR) is 101 cm³/mol. The molecule has 0 aromatic rings. The zero-order chi connectivity index (χ0) is 18.4. The van der Waals surface area contributed by atoms with Gasteiger partial charge in [-0.1, -0.05) is 38.8 Å². The maximum atomic E-state index is 12.8. The molecule has 1 spiro atoms. The van der Waals surface area contributed by atoms with Crippen LogP contribution in [0.4, 0.5) is 0 Å². The Hall–Kier alpha value is -1.78. The van der Waals surface area contributed by atoms with Crippen molar-refractivity contribution in [3.8, 4) is 0 Å². The molecule has 4 aliphatic rings. The first-order chi connectivity index (χ1) is 12.4. The lowest BCUT2D eigenvalue weighted by Crippen LogP contribution is -2.57. The summed E-state index contributed by atoms with van der Waals surface area (Å²) in [5.41, 5.74) is 0.890. The highest BCUT2D eigenvalue weighted by Crippen LogP contribution is 2.41. The van der Waals surface area contributed by atoms with Crippen molar-refractivity contribution in [3.63, 3.8) is 0 Å². The van der Waals surface area contributed by atoms with Crippen molar-refractivity contribution in [2.24, 2.45) is 11.3 Å². The van der Waals surface area contributed by atoms with Gasteiger partial charge < -0.3 is 15.1 Å². The molecule has 1 N–H and O–H groups in total. The van der Waals surface area contributed by atoms with Gasteiger partial charge in [-0.3, -0.25) is 9.59 Å². The molecule has 0 radical (unpaired) electrons. The molecule has 26 heavy (non-hydrogen) atoms. The molecule has 2 heterocycles. The van der Waals surface area contributed by atoms with Gasteiger partial charge in [0.1, 0.15) is 5.54 Å². The topological polar surface area (TPSA) is 52.7 Å². The number of nitrogens with one attached hydrogen (secondary N) is 1. The zero-order valence-corrected chi connectivity index (χ0v) is 16.1. The monoisotopic (exact) mass is 357 g/mol. The summed E-state index contributed by atoms with van der Waals surface area (Å²) < 4.78 is 0. The standard InChI is InChI=1S/C21H31N3O2/c1-20(2)9-5-8-17(14-20)24-15-22-19(26)21(24)10-12-23(13-11-21)18(25)16-6-3-4-7-16/h5,8-9,16H,3-4,6-7,10-15H2,1-2H3,(H,22,26). The molecule has 2 saturated heterocycles. The number of piperidine rings is 1. The van der Waals surface area contributed by atoms with Gasteiger partial charge in [0.25, 0.3) is 0 Å². The average molecular weight is 357 g/mol. The van der Waals surface area contributed by atoms with Crippen LogP contribution in [0, 0.1) is 11.3 Å². The second-order valence-electron chi connectivity index (χ2n) is 9.11. The number of likely N-dealkylation sites (tertiary alicyclic amines) is 1. The molecule has 4 rings (SSSR count). The highest BCUT2D eigenvalue weighted by molar-refractivity contribution is 5.89. The van der Waals surface area contributed by atoms with E-state index in [1.165, 1.54) is 18.5 Å². The van der Waals surface area contributed by atoms with Crippen LogP contribution in [0.2, 0.25) is 0 Å². The minimum Gasteiger partial charge on any atom is -0.343 e. The number of amides is 2. The van der Waals surface area contributed by atoms with Gasteiger partial charge in [0.05, 0.1) is 6.67 Å². The Bertz CT molecular complexity index is 650. The third kappa shape index (κ3) is 2.95. The maximum absolute atomic E-state index is 12.8. The number of rotatable bonds is 2.